The van der Waals surface area contributed by atoms with E-state index in [1.165, 1.54) is 0 Å². The summed E-state index contributed by atoms with van der Waals surface area (Å²) in [7, 11) is 1.77. The van der Waals surface area contributed by atoms with Crippen molar-refractivity contribution in [3.8, 4) is 0 Å². The standard InChI is InChI=1S/C14H24N4O3/c1-4-5-12-13(18(20)21)14(16(3)15-12)17-8-6-11(7-9-17)10(2)19/h10-11,19H,4-9H2,1-3H3. The summed E-state index contributed by atoms with van der Waals surface area (Å²) in [6.07, 6.45) is 2.84. The summed E-state index contributed by atoms with van der Waals surface area (Å²) in [5, 5.41) is 25.4. The van der Waals surface area contributed by atoms with Gasteiger partial charge in [-0.2, -0.15) is 5.10 Å². The van der Waals surface area contributed by atoms with Crippen molar-refractivity contribution in [3.63, 3.8) is 0 Å². The van der Waals surface area contributed by atoms with E-state index in [0.29, 0.717) is 17.9 Å². The molecule has 21 heavy (non-hydrogen) atoms. The van der Waals surface area contributed by atoms with Crippen LogP contribution in [0.3, 0.4) is 0 Å². The van der Waals surface area contributed by atoms with E-state index >= 15 is 0 Å². The van der Waals surface area contributed by atoms with Gasteiger partial charge in [0.1, 0.15) is 5.69 Å². The van der Waals surface area contributed by atoms with Gasteiger partial charge in [-0.3, -0.25) is 10.1 Å². The van der Waals surface area contributed by atoms with Crippen LogP contribution in [-0.4, -0.2) is 39.0 Å². The maximum atomic E-state index is 11.4. The monoisotopic (exact) mass is 296 g/mol. The third-order valence-corrected chi connectivity index (χ3v) is 4.25. The highest BCUT2D eigenvalue weighted by molar-refractivity contribution is 5.61. The van der Waals surface area contributed by atoms with E-state index in [0.717, 1.165) is 32.4 Å². The molecule has 0 aromatic carbocycles. The topological polar surface area (TPSA) is 84.4 Å². The fourth-order valence-electron chi connectivity index (χ4n) is 3.10. The lowest BCUT2D eigenvalue weighted by Crippen LogP contribution is -2.38. The number of piperidine rings is 1. The first-order valence-electron chi connectivity index (χ1n) is 7.59. The van der Waals surface area contributed by atoms with E-state index in [1.54, 1.807) is 11.7 Å². The number of anilines is 1. The molecule has 1 saturated heterocycles. The Bertz CT molecular complexity index is 505. The molecule has 1 fully saturated rings. The Morgan fingerprint density at radius 3 is 2.57 bits per heavy atom. The van der Waals surface area contributed by atoms with Gasteiger partial charge in [-0.15, -0.1) is 0 Å². The molecular formula is C14H24N4O3. The van der Waals surface area contributed by atoms with Crippen LogP contribution < -0.4 is 4.90 Å². The number of hydrogen-bond donors (Lipinski definition) is 1. The molecule has 7 heteroatoms. The first-order valence-corrected chi connectivity index (χ1v) is 7.59. The van der Waals surface area contributed by atoms with Gasteiger partial charge >= 0.3 is 5.69 Å². The Hall–Kier alpha value is -1.63. The summed E-state index contributed by atoms with van der Waals surface area (Å²) in [4.78, 5) is 13.2. The molecule has 0 radical (unpaired) electrons. The van der Waals surface area contributed by atoms with Crippen LogP contribution >= 0.6 is 0 Å². The van der Waals surface area contributed by atoms with Crippen LogP contribution in [0.4, 0.5) is 11.5 Å². The number of rotatable bonds is 5. The maximum Gasteiger partial charge on any atom is 0.334 e. The molecule has 1 unspecified atom stereocenters. The molecule has 0 spiro atoms. The Morgan fingerprint density at radius 1 is 1.48 bits per heavy atom. The third-order valence-electron chi connectivity index (χ3n) is 4.25. The predicted molar refractivity (Wildman–Crippen MR) is 80.5 cm³/mol. The minimum Gasteiger partial charge on any atom is -0.393 e. The highest BCUT2D eigenvalue weighted by Gasteiger charge is 2.32. The quantitative estimate of drug-likeness (QED) is 0.662. The van der Waals surface area contributed by atoms with E-state index in [1.807, 2.05) is 18.7 Å². The van der Waals surface area contributed by atoms with Gasteiger partial charge in [-0.25, -0.2) is 4.68 Å². The maximum absolute atomic E-state index is 11.4. The van der Waals surface area contributed by atoms with Crippen molar-refractivity contribution in [1.82, 2.24) is 9.78 Å². The molecule has 1 aromatic rings. The number of nitro groups is 1. The van der Waals surface area contributed by atoms with E-state index in [2.05, 4.69) is 5.10 Å². The normalized spacial score (nSPS) is 18.0. The predicted octanol–water partition coefficient (Wildman–Crippen LogP) is 1.88. The zero-order valence-electron chi connectivity index (χ0n) is 12.9. The van der Waals surface area contributed by atoms with Gasteiger partial charge in [0.15, 0.2) is 0 Å². The van der Waals surface area contributed by atoms with Crippen molar-refractivity contribution in [2.24, 2.45) is 13.0 Å². The molecule has 1 aliphatic heterocycles. The van der Waals surface area contributed by atoms with Crippen LogP contribution in [-0.2, 0) is 13.5 Å². The molecule has 0 saturated carbocycles. The van der Waals surface area contributed by atoms with Gasteiger partial charge in [0.25, 0.3) is 0 Å². The minimum atomic E-state index is -0.315. The molecule has 2 rings (SSSR count). The van der Waals surface area contributed by atoms with Crippen molar-refractivity contribution in [2.75, 3.05) is 18.0 Å². The second-order valence-corrected chi connectivity index (χ2v) is 5.81. The third kappa shape index (κ3) is 3.18. The fraction of sp³-hybridized carbons (Fsp3) is 0.786. The molecule has 1 aliphatic rings. The Morgan fingerprint density at radius 2 is 2.10 bits per heavy atom. The lowest BCUT2D eigenvalue weighted by Gasteiger charge is -2.33. The van der Waals surface area contributed by atoms with Gasteiger partial charge in [-0.1, -0.05) is 13.3 Å². The second-order valence-electron chi connectivity index (χ2n) is 5.81. The molecular weight excluding hydrogens is 272 g/mol. The molecule has 0 amide bonds. The van der Waals surface area contributed by atoms with Crippen LogP contribution in [0.15, 0.2) is 0 Å². The minimum absolute atomic E-state index is 0.148. The molecule has 0 aliphatic carbocycles. The van der Waals surface area contributed by atoms with Gasteiger partial charge in [0, 0.05) is 20.1 Å². The molecule has 1 N–H and O–H groups in total. The molecule has 2 heterocycles. The Kier molecular flexibility index (Phi) is 4.82. The van der Waals surface area contributed by atoms with Crippen molar-refractivity contribution >= 4 is 11.5 Å². The highest BCUT2D eigenvalue weighted by Crippen LogP contribution is 2.35. The Labute approximate surface area is 124 Å². The van der Waals surface area contributed by atoms with E-state index in [-0.39, 0.29) is 22.6 Å². The van der Waals surface area contributed by atoms with Crippen LogP contribution in [0.1, 0.15) is 38.8 Å². The summed E-state index contributed by atoms with van der Waals surface area (Å²) in [5.74, 6) is 0.885. The van der Waals surface area contributed by atoms with Crippen molar-refractivity contribution in [2.45, 2.75) is 45.6 Å². The number of aromatic nitrogens is 2. The average molecular weight is 296 g/mol. The largest absolute Gasteiger partial charge is 0.393 e. The molecule has 0 bridgehead atoms. The van der Waals surface area contributed by atoms with Crippen molar-refractivity contribution in [1.29, 1.82) is 0 Å². The molecule has 118 valence electrons. The smallest absolute Gasteiger partial charge is 0.334 e. The van der Waals surface area contributed by atoms with Crippen LogP contribution in [0.25, 0.3) is 0 Å². The summed E-state index contributed by atoms with van der Waals surface area (Å²) in [6, 6.07) is 0. The summed E-state index contributed by atoms with van der Waals surface area (Å²) in [6.45, 7) is 5.25. The zero-order chi connectivity index (χ0) is 15.6. The number of aliphatic hydroxyl groups is 1. The van der Waals surface area contributed by atoms with E-state index in [9.17, 15) is 15.2 Å². The van der Waals surface area contributed by atoms with Crippen LogP contribution in [0.2, 0.25) is 0 Å². The number of hydrogen-bond acceptors (Lipinski definition) is 5. The SMILES string of the molecule is CCCc1nn(C)c(N2CCC(C(C)O)CC2)c1[N+](=O)[O-]. The van der Waals surface area contributed by atoms with Crippen molar-refractivity contribution < 1.29 is 10.0 Å². The average Bonchev–Trinajstić information content (AvgIpc) is 2.76. The first kappa shape index (κ1) is 15.8. The summed E-state index contributed by atoms with van der Waals surface area (Å²) < 4.78 is 1.63. The highest BCUT2D eigenvalue weighted by atomic mass is 16.6. The number of aliphatic hydroxyl groups excluding tert-OH is 1. The van der Waals surface area contributed by atoms with Gasteiger partial charge in [-0.05, 0) is 32.1 Å². The lowest BCUT2D eigenvalue weighted by molar-refractivity contribution is -0.384. The van der Waals surface area contributed by atoms with E-state index in [4.69, 9.17) is 0 Å². The number of aryl methyl sites for hydroxylation is 2. The molecule has 1 atom stereocenters. The molecule has 1 aromatic heterocycles. The number of nitrogens with zero attached hydrogens (tertiary/aromatic N) is 4. The van der Waals surface area contributed by atoms with Gasteiger partial charge < -0.3 is 10.0 Å². The van der Waals surface area contributed by atoms with Gasteiger partial charge in [0.05, 0.1) is 11.0 Å². The zero-order valence-corrected chi connectivity index (χ0v) is 12.9. The lowest BCUT2D eigenvalue weighted by atomic mass is 9.92. The fourth-order valence-corrected chi connectivity index (χ4v) is 3.10. The van der Waals surface area contributed by atoms with Gasteiger partial charge in [0.2, 0.25) is 5.82 Å². The van der Waals surface area contributed by atoms with Crippen molar-refractivity contribution in [3.05, 3.63) is 15.8 Å². The summed E-state index contributed by atoms with van der Waals surface area (Å²) >= 11 is 0. The van der Waals surface area contributed by atoms with Crippen LogP contribution in [0.5, 0.6) is 0 Å². The van der Waals surface area contributed by atoms with Crippen LogP contribution in [0, 0.1) is 16.0 Å². The van der Waals surface area contributed by atoms with E-state index < -0.39 is 0 Å². The first-order chi connectivity index (χ1) is 9.95. The summed E-state index contributed by atoms with van der Waals surface area (Å²) in [5.41, 5.74) is 0.715. The Balaban J connectivity index is 2.26. The second kappa shape index (κ2) is 6.43. The molecule has 7 nitrogen and oxygen atoms in total.